The molecule has 1 saturated heterocycles. The van der Waals surface area contributed by atoms with E-state index in [9.17, 15) is 0 Å². The van der Waals surface area contributed by atoms with Crippen molar-refractivity contribution in [1.29, 1.82) is 0 Å². The lowest BCUT2D eigenvalue weighted by Crippen LogP contribution is -2.34. The van der Waals surface area contributed by atoms with Crippen LogP contribution in [0.15, 0.2) is 0 Å². The second kappa shape index (κ2) is 4.19. The Hall–Kier alpha value is -0.0800. The Morgan fingerprint density at radius 1 is 1.36 bits per heavy atom. The summed E-state index contributed by atoms with van der Waals surface area (Å²) in [5.41, 5.74) is 6.03. The Bertz CT molecular complexity index is 179. The largest absolute Gasteiger partial charge is 0.326 e. The fraction of sp³-hybridized carbons (Fsp3) is 1.00. The number of nitrogens with two attached hydrogens (primary N) is 1. The molecule has 2 fully saturated rings. The molecule has 0 spiro atoms. The highest BCUT2D eigenvalue weighted by molar-refractivity contribution is 4.86. The van der Waals surface area contributed by atoms with Crippen LogP contribution in [0.2, 0.25) is 0 Å². The first-order chi connectivity index (χ1) is 6.66. The van der Waals surface area contributed by atoms with Crippen LogP contribution < -0.4 is 5.73 Å². The molecule has 0 amide bonds. The van der Waals surface area contributed by atoms with E-state index in [0.717, 1.165) is 18.4 Å². The van der Waals surface area contributed by atoms with Gasteiger partial charge in [0, 0.05) is 25.7 Å². The maximum Gasteiger partial charge on any atom is 0.0206 e. The van der Waals surface area contributed by atoms with E-state index >= 15 is 0 Å². The molecule has 0 aromatic rings. The van der Waals surface area contributed by atoms with Gasteiger partial charge in [0.15, 0.2) is 0 Å². The van der Waals surface area contributed by atoms with E-state index in [4.69, 9.17) is 5.73 Å². The molecule has 2 rings (SSSR count). The summed E-state index contributed by atoms with van der Waals surface area (Å²) in [6.45, 7) is 8.32. The van der Waals surface area contributed by atoms with Crippen molar-refractivity contribution in [3.63, 3.8) is 0 Å². The average Bonchev–Trinajstić information content (AvgIpc) is 2.26. The Morgan fingerprint density at radius 2 is 2.07 bits per heavy atom. The third-order valence-electron chi connectivity index (χ3n) is 4.25. The fourth-order valence-electron chi connectivity index (χ4n) is 2.81. The number of hydrogen-bond donors (Lipinski definition) is 1. The Kier molecular flexibility index (Phi) is 3.13. The molecule has 1 heterocycles. The van der Waals surface area contributed by atoms with E-state index in [1.54, 1.807) is 0 Å². The van der Waals surface area contributed by atoms with Crippen LogP contribution in [0.1, 0.15) is 33.1 Å². The molecule has 2 nitrogen and oxygen atoms in total. The molecule has 2 heteroatoms. The van der Waals surface area contributed by atoms with Crippen LogP contribution in [-0.4, -0.2) is 30.6 Å². The van der Waals surface area contributed by atoms with Crippen molar-refractivity contribution in [1.82, 2.24) is 4.90 Å². The lowest BCUT2D eigenvalue weighted by molar-refractivity contribution is 0.165. The summed E-state index contributed by atoms with van der Waals surface area (Å²) < 4.78 is 0. The molecule has 3 atom stereocenters. The van der Waals surface area contributed by atoms with Gasteiger partial charge in [0.25, 0.3) is 0 Å². The molecule has 1 aliphatic heterocycles. The highest BCUT2D eigenvalue weighted by Crippen LogP contribution is 2.34. The molecular formula is C12H24N2. The van der Waals surface area contributed by atoms with Gasteiger partial charge in [-0.2, -0.15) is 0 Å². The summed E-state index contributed by atoms with van der Waals surface area (Å²) in [5, 5.41) is 0. The van der Waals surface area contributed by atoms with Crippen molar-refractivity contribution in [3.8, 4) is 0 Å². The number of likely N-dealkylation sites (tertiary alicyclic amines) is 1. The van der Waals surface area contributed by atoms with Gasteiger partial charge in [0.05, 0.1) is 0 Å². The first kappa shape index (κ1) is 10.4. The predicted molar refractivity (Wildman–Crippen MR) is 60.1 cm³/mol. The molecule has 1 aliphatic carbocycles. The van der Waals surface area contributed by atoms with Gasteiger partial charge in [-0.05, 0) is 17.8 Å². The molecule has 1 saturated carbocycles. The second-order valence-electron chi connectivity index (χ2n) is 5.53. The molecule has 82 valence electrons. The van der Waals surface area contributed by atoms with Crippen LogP contribution in [-0.2, 0) is 0 Å². The van der Waals surface area contributed by atoms with Crippen molar-refractivity contribution >= 4 is 0 Å². The summed E-state index contributed by atoms with van der Waals surface area (Å²) in [6, 6.07) is 0.420. The standard InChI is InChI=1S/C12H24N2/c1-9(11-4-3-5-11)6-14-7-10(2)12(13)8-14/h9-12H,3-8,13H2,1-2H3. The summed E-state index contributed by atoms with van der Waals surface area (Å²) in [4.78, 5) is 2.57. The zero-order valence-electron chi connectivity index (χ0n) is 9.58. The van der Waals surface area contributed by atoms with E-state index < -0.39 is 0 Å². The lowest BCUT2D eigenvalue weighted by Gasteiger charge is -2.33. The quantitative estimate of drug-likeness (QED) is 0.744. The van der Waals surface area contributed by atoms with E-state index in [2.05, 4.69) is 18.7 Å². The van der Waals surface area contributed by atoms with E-state index in [0.29, 0.717) is 12.0 Å². The molecular weight excluding hydrogens is 172 g/mol. The van der Waals surface area contributed by atoms with Gasteiger partial charge in [-0.25, -0.2) is 0 Å². The summed E-state index contributed by atoms with van der Waals surface area (Å²) in [7, 11) is 0. The smallest absolute Gasteiger partial charge is 0.0206 e. The van der Waals surface area contributed by atoms with Gasteiger partial charge in [-0.3, -0.25) is 0 Å². The second-order valence-corrected chi connectivity index (χ2v) is 5.53. The van der Waals surface area contributed by atoms with Crippen LogP contribution >= 0.6 is 0 Å². The minimum Gasteiger partial charge on any atom is -0.326 e. The summed E-state index contributed by atoms with van der Waals surface area (Å²) in [6.07, 6.45) is 4.40. The van der Waals surface area contributed by atoms with E-state index in [1.165, 1.54) is 32.4 Å². The summed E-state index contributed by atoms with van der Waals surface area (Å²) in [5.74, 6) is 2.60. The third kappa shape index (κ3) is 2.12. The highest BCUT2D eigenvalue weighted by atomic mass is 15.2. The Labute approximate surface area is 87.8 Å². The van der Waals surface area contributed by atoms with Crippen LogP contribution in [0.4, 0.5) is 0 Å². The molecule has 0 aromatic heterocycles. The molecule has 2 N–H and O–H groups in total. The summed E-state index contributed by atoms with van der Waals surface area (Å²) >= 11 is 0. The average molecular weight is 196 g/mol. The van der Waals surface area contributed by atoms with Gasteiger partial charge in [-0.15, -0.1) is 0 Å². The molecule has 0 bridgehead atoms. The van der Waals surface area contributed by atoms with Crippen LogP contribution in [0, 0.1) is 17.8 Å². The van der Waals surface area contributed by atoms with E-state index in [1.807, 2.05) is 0 Å². The monoisotopic (exact) mass is 196 g/mol. The SMILES string of the molecule is CC1CN(CC(C)C2CCC2)CC1N. The van der Waals surface area contributed by atoms with Crippen LogP contribution in [0.3, 0.4) is 0 Å². The van der Waals surface area contributed by atoms with Crippen molar-refractivity contribution < 1.29 is 0 Å². The van der Waals surface area contributed by atoms with Crippen molar-refractivity contribution in [2.75, 3.05) is 19.6 Å². The maximum absolute atomic E-state index is 6.03. The molecule has 3 unspecified atom stereocenters. The molecule has 0 aromatic carbocycles. The normalized spacial score (nSPS) is 37.1. The van der Waals surface area contributed by atoms with Gasteiger partial charge in [0.2, 0.25) is 0 Å². The van der Waals surface area contributed by atoms with Crippen LogP contribution in [0.5, 0.6) is 0 Å². The molecule has 0 radical (unpaired) electrons. The fourth-order valence-corrected chi connectivity index (χ4v) is 2.81. The third-order valence-corrected chi connectivity index (χ3v) is 4.25. The molecule has 14 heavy (non-hydrogen) atoms. The number of nitrogens with zero attached hydrogens (tertiary/aromatic N) is 1. The Balaban J connectivity index is 1.74. The number of hydrogen-bond acceptors (Lipinski definition) is 2. The minimum atomic E-state index is 0.420. The van der Waals surface area contributed by atoms with Crippen molar-refractivity contribution in [2.24, 2.45) is 23.5 Å². The van der Waals surface area contributed by atoms with Crippen molar-refractivity contribution in [2.45, 2.75) is 39.2 Å². The van der Waals surface area contributed by atoms with Crippen molar-refractivity contribution in [3.05, 3.63) is 0 Å². The maximum atomic E-state index is 6.03. The van der Waals surface area contributed by atoms with Gasteiger partial charge in [0.1, 0.15) is 0 Å². The minimum absolute atomic E-state index is 0.420. The van der Waals surface area contributed by atoms with Gasteiger partial charge < -0.3 is 10.6 Å². The first-order valence-electron chi connectivity index (χ1n) is 6.14. The highest BCUT2D eigenvalue weighted by Gasteiger charge is 2.30. The zero-order valence-corrected chi connectivity index (χ0v) is 9.58. The predicted octanol–water partition coefficient (Wildman–Crippen LogP) is 1.70. The topological polar surface area (TPSA) is 29.3 Å². The number of rotatable bonds is 3. The van der Waals surface area contributed by atoms with E-state index in [-0.39, 0.29) is 0 Å². The van der Waals surface area contributed by atoms with Gasteiger partial charge in [-0.1, -0.05) is 33.1 Å². The first-order valence-corrected chi connectivity index (χ1v) is 6.14. The van der Waals surface area contributed by atoms with Crippen LogP contribution in [0.25, 0.3) is 0 Å². The Morgan fingerprint density at radius 3 is 2.50 bits per heavy atom. The lowest BCUT2D eigenvalue weighted by atomic mass is 9.76. The zero-order chi connectivity index (χ0) is 10.1. The van der Waals surface area contributed by atoms with Gasteiger partial charge >= 0.3 is 0 Å². The molecule has 2 aliphatic rings.